The Labute approximate surface area is 122 Å². The number of hydrogen-bond acceptors (Lipinski definition) is 2. The molecule has 1 unspecified atom stereocenters. The quantitative estimate of drug-likeness (QED) is 0.910. The maximum Gasteiger partial charge on any atom is 0.101 e. The highest BCUT2D eigenvalue weighted by atomic mass is 79.9. The van der Waals surface area contributed by atoms with Gasteiger partial charge in [-0.25, -0.2) is 0 Å². The van der Waals surface area contributed by atoms with Crippen LogP contribution in [-0.4, -0.2) is 6.04 Å². The van der Waals surface area contributed by atoms with Crippen LogP contribution in [0.3, 0.4) is 0 Å². The lowest BCUT2D eigenvalue weighted by atomic mass is 10.1. The second-order valence-electron chi connectivity index (χ2n) is 4.54. The molecule has 0 radical (unpaired) electrons. The van der Waals surface area contributed by atoms with Crippen LogP contribution < -0.4 is 5.32 Å². The smallest absolute Gasteiger partial charge is 0.101 e. The first-order chi connectivity index (χ1) is 9.19. The number of rotatable bonds is 4. The largest absolute Gasteiger partial charge is 0.381 e. The fourth-order valence-corrected chi connectivity index (χ4v) is 2.38. The summed E-state index contributed by atoms with van der Waals surface area (Å²) in [5.41, 5.74) is 2.83. The van der Waals surface area contributed by atoms with Gasteiger partial charge in [0.1, 0.15) is 6.07 Å². The van der Waals surface area contributed by atoms with E-state index >= 15 is 0 Å². The van der Waals surface area contributed by atoms with Crippen LogP contribution in [0.1, 0.15) is 18.1 Å². The number of anilines is 1. The van der Waals surface area contributed by atoms with Crippen molar-refractivity contribution >= 4 is 21.6 Å². The van der Waals surface area contributed by atoms with Crippen molar-refractivity contribution in [1.82, 2.24) is 0 Å². The highest BCUT2D eigenvalue weighted by Gasteiger charge is 2.07. The Hall–Kier alpha value is -1.79. The Balaban J connectivity index is 2.09. The zero-order valence-electron chi connectivity index (χ0n) is 10.7. The summed E-state index contributed by atoms with van der Waals surface area (Å²) in [6.45, 7) is 2.12. The molecule has 0 aliphatic carbocycles. The lowest BCUT2D eigenvalue weighted by molar-refractivity contribution is 0.790. The third kappa shape index (κ3) is 3.84. The minimum Gasteiger partial charge on any atom is -0.381 e. The Morgan fingerprint density at radius 3 is 2.63 bits per heavy atom. The molecule has 2 nitrogen and oxygen atoms in total. The van der Waals surface area contributed by atoms with E-state index in [9.17, 15) is 0 Å². The Morgan fingerprint density at radius 1 is 1.21 bits per heavy atom. The van der Waals surface area contributed by atoms with Crippen LogP contribution in [0.15, 0.2) is 53.0 Å². The molecular weight excluding hydrogens is 300 g/mol. The van der Waals surface area contributed by atoms with Gasteiger partial charge in [-0.15, -0.1) is 0 Å². The predicted octanol–water partition coefficient (Wildman–Crippen LogP) is 4.36. The van der Waals surface area contributed by atoms with Crippen LogP contribution in [0, 0.1) is 11.3 Å². The summed E-state index contributed by atoms with van der Waals surface area (Å²) in [4.78, 5) is 0. The molecule has 1 atom stereocenters. The van der Waals surface area contributed by atoms with Gasteiger partial charge in [0.05, 0.1) is 11.3 Å². The molecule has 2 aromatic carbocycles. The molecule has 19 heavy (non-hydrogen) atoms. The molecule has 0 aromatic heterocycles. The number of hydrogen-bond donors (Lipinski definition) is 1. The standard InChI is InChI=1S/C16H15BrN2/c1-12(9-13-5-3-2-4-6-13)19-16-10-15(17)8-7-14(16)11-18/h2-8,10,12,19H,9H2,1H3. The van der Waals surface area contributed by atoms with Crippen molar-refractivity contribution in [3.8, 4) is 6.07 Å². The number of benzene rings is 2. The van der Waals surface area contributed by atoms with Crippen molar-refractivity contribution in [3.63, 3.8) is 0 Å². The predicted molar refractivity (Wildman–Crippen MR) is 82.1 cm³/mol. The second-order valence-corrected chi connectivity index (χ2v) is 5.45. The van der Waals surface area contributed by atoms with Crippen molar-refractivity contribution in [2.75, 3.05) is 5.32 Å². The third-order valence-electron chi connectivity index (χ3n) is 2.89. The maximum atomic E-state index is 9.11. The summed E-state index contributed by atoms with van der Waals surface area (Å²) in [6.07, 6.45) is 0.929. The first kappa shape index (κ1) is 13.6. The van der Waals surface area contributed by atoms with Gasteiger partial charge in [-0.05, 0) is 37.1 Å². The van der Waals surface area contributed by atoms with Gasteiger partial charge in [0.15, 0.2) is 0 Å². The molecule has 0 saturated heterocycles. The van der Waals surface area contributed by atoms with Gasteiger partial charge in [0.2, 0.25) is 0 Å². The maximum absolute atomic E-state index is 9.11. The normalized spacial score (nSPS) is 11.6. The molecule has 0 fully saturated rings. The molecule has 0 aliphatic heterocycles. The highest BCUT2D eigenvalue weighted by molar-refractivity contribution is 9.10. The molecule has 0 spiro atoms. The zero-order chi connectivity index (χ0) is 13.7. The fourth-order valence-electron chi connectivity index (χ4n) is 2.02. The summed E-state index contributed by atoms with van der Waals surface area (Å²) >= 11 is 3.43. The van der Waals surface area contributed by atoms with E-state index in [1.165, 1.54) is 5.56 Å². The topological polar surface area (TPSA) is 35.8 Å². The molecule has 2 rings (SSSR count). The number of nitrogens with zero attached hydrogens (tertiary/aromatic N) is 1. The second kappa shape index (κ2) is 6.40. The Bertz CT molecular complexity index is 587. The van der Waals surface area contributed by atoms with Crippen molar-refractivity contribution in [2.24, 2.45) is 0 Å². The Kier molecular flexibility index (Phi) is 4.59. The first-order valence-electron chi connectivity index (χ1n) is 6.19. The van der Waals surface area contributed by atoms with Gasteiger partial charge < -0.3 is 5.32 Å². The van der Waals surface area contributed by atoms with Crippen molar-refractivity contribution < 1.29 is 0 Å². The average molecular weight is 315 g/mol. The van der Waals surface area contributed by atoms with E-state index in [0.717, 1.165) is 16.6 Å². The average Bonchev–Trinajstić information content (AvgIpc) is 2.40. The molecule has 0 saturated carbocycles. The number of halogens is 1. The minimum absolute atomic E-state index is 0.267. The molecule has 0 aliphatic rings. The summed E-state index contributed by atoms with van der Waals surface area (Å²) in [6, 6.07) is 18.5. The van der Waals surface area contributed by atoms with Crippen molar-refractivity contribution in [2.45, 2.75) is 19.4 Å². The molecule has 0 amide bonds. The Morgan fingerprint density at radius 2 is 1.95 bits per heavy atom. The lowest BCUT2D eigenvalue weighted by Gasteiger charge is -2.16. The number of nitriles is 1. The van der Waals surface area contributed by atoms with Crippen LogP contribution in [0.5, 0.6) is 0 Å². The first-order valence-corrected chi connectivity index (χ1v) is 6.98. The molecule has 0 heterocycles. The van der Waals surface area contributed by atoms with Gasteiger partial charge >= 0.3 is 0 Å². The van der Waals surface area contributed by atoms with E-state index in [1.54, 1.807) is 0 Å². The SMILES string of the molecule is CC(Cc1ccccc1)Nc1cc(Br)ccc1C#N. The third-order valence-corrected chi connectivity index (χ3v) is 3.38. The van der Waals surface area contributed by atoms with E-state index in [4.69, 9.17) is 5.26 Å². The van der Waals surface area contributed by atoms with E-state index in [-0.39, 0.29) is 6.04 Å². The molecule has 1 N–H and O–H groups in total. The van der Waals surface area contributed by atoms with Crippen molar-refractivity contribution in [1.29, 1.82) is 5.26 Å². The minimum atomic E-state index is 0.267. The van der Waals surface area contributed by atoms with Gasteiger partial charge in [0.25, 0.3) is 0 Å². The lowest BCUT2D eigenvalue weighted by Crippen LogP contribution is -2.18. The molecular formula is C16H15BrN2. The van der Waals surface area contributed by atoms with Crippen LogP contribution in [0.2, 0.25) is 0 Å². The van der Waals surface area contributed by atoms with Crippen LogP contribution in [0.4, 0.5) is 5.69 Å². The number of nitrogens with one attached hydrogen (secondary N) is 1. The fraction of sp³-hybridized carbons (Fsp3) is 0.188. The summed E-state index contributed by atoms with van der Waals surface area (Å²) in [5, 5.41) is 12.5. The molecule has 0 bridgehead atoms. The highest BCUT2D eigenvalue weighted by Crippen LogP contribution is 2.22. The summed E-state index contributed by atoms with van der Waals surface area (Å²) in [5.74, 6) is 0. The zero-order valence-corrected chi connectivity index (χ0v) is 12.3. The van der Waals surface area contributed by atoms with E-state index < -0.39 is 0 Å². The van der Waals surface area contributed by atoms with Gasteiger partial charge in [-0.3, -0.25) is 0 Å². The molecule has 3 heteroatoms. The summed E-state index contributed by atoms with van der Waals surface area (Å²) < 4.78 is 0.973. The molecule has 2 aromatic rings. The monoisotopic (exact) mass is 314 g/mol. The van der Waals surface area contributed by atoms with Crippen LogP contribution in [-0.2, 0) is 6.42 Å². The molecule has 96 valence electrons. The van der Waals surface area contributed by atoms with Gasteiger partial charge in [-0.1, -0.05) is 46.3 Å². The van der Waals surface area contributed by atoms with E-state index in [0.29, 0.717) is 5.56 Å². The van der Waals surface area contributed by atoms with Crippen molar-refractivity contribution in [3.05, 3.63) is 64.1 Å². The van der Waals surface area contributed by atoms with Crippen LogP contribution in [0.25, 0.3) is 0 Å². The summed E-state index contributed by atoms with van der Waals surface area (Å²) in [7, 11) is 0. The van der Waals surface area contributed by atoms with E-state index in [1.807, 2.05) is 36.4 Å². The van der Waals surface area contributed by atoms with Gasteiger partial charge in [0, 0.05) is 10.5 Å². The van der Waals surface area contributed by atoms with Gasteiger partial charge in [-0.2, -0.15) is 5.26 Å². The van der Waals surface area contributed by atoms with E-state index in [2.05, 4.69) is 46.4 Å². The van der Waals surface area contributed by atoms with Crippen LogP contribution >= 0.6 is 15.9 Å².